The molecular formula is C21H21FN2. The molecule has 1 fully saturated rings. The van der Waals surface area contributed by atoms with Crippen LogP contribution in [0.2, 0.25) is 0 Å². The zero-order chi connectivity index (χ0) is 16.3. The first-order valence-electron chi connectivity index (χ1n) is 8.81. The molecule has 0 radical (unpaired) electrons. The number of hydrogen-bond acceptors (Lipinski definition) is 1. The van der Waals surface area contributed by atoms with Gasteiger partial charge in [0.25, 0.3) is 0 Å². The molecule has 1 aromatic heterocycles. The van der Waals surface area contributed by atoms with Gasteiger partial charge in [-0.05, 0) is 55.6 Å². The Hall–Kier alpha value is -2.13. The summed E-state index contributed by atoms with van der Waals surface area (Å²) in [7, 11) is 2.21. The molecule has 0 bridgehead atoms. The monoisotopic (exact) mass is 320 g/mol. The minimum atomic E-state index is -0.142. The Kier molecular flexibility index (Phi) is 3.07. The molecular weight excluding hydrogens is 299 g/mol. The minimum Gasteiger partial charge on any atom is -0.336 e. The molecule has 24 heavy (non-hydrogen) atoms. The standard InChI is InChI=1S/C21H21FN2/c1-23(16-7-8-16)11-10-18-19-12-15(22)6-9-20(19)24-13-14-4-2-3-5-17(14)21(18)24/h2-6,9,12,16H,7-8,10-11,13H2,1H3. The highest BCUT2D eigenvalue weighted by molar-refractivity contribution is 5.94. The van der Waals surface area contributed by atoms with Gasteiger partial charge in [-0.2, -0.15) is 0 Å². The van der Waals surface area contributed by atoms with Crippen molar-refractivity contribution in [2.75, 3.05) is 13.6 Å². The minimum absolute atomic E-state index is 0.142. The highest BCUT2D eigenvalue weighted by Gasteiger charge is 2.28. The third-order valence-electron chi connectivity index (χ3n) is 5.62. The SMILES string of the molecule is CN(CCc1c2n(c3ccc(F)cc13)Cc1ccccc1-2)C1CC1. The van der Waals surface area contributed by atoms with E-state index in [1.54, 1.807) is 12.1 Å². The molecule has 0 spiro atoms. The third-order valence-corrected chi connectivity index (χ3v) is 5.62. The summed E-state index contributed by atoms with van der Waals surface area (Å²) in [6.07, 6.45) is 3.62. The van der Waals surface area contributed by atoms with Gasteiger partial charge in [0.1, 0.15) is 5.82 Å². The zero-order valence-corrected chi connectivity index (χ0v) is 13.9. The summed E-state index contributed by atoms with van der Waals surface area (Å²) in [5.41, 5.74) is 6.46. The average molecular weight is 320 g/mol. The molecule has 0 N–H and O–H groups in total. The summed E-state index contributed by atoms with van der Waals surface area (Å²) in [5.74, 6) is -0.142. The maximum atomic E-state index is 13.9. The summed E-state index contributed by atoms with van der Waals surface area (Å²) in [4.78, 5) is 2.45. The van der Waals surface area contributed by atoms with Gasteiger partial charge in [-0.3, -0.25) is 0 Å². The first kappa shape index (κ1) is 14.2. The van der Waals surface area contributed by atoms with Crippen molar-refractivity contribution in [3.8, 4) is 11.3 Å². The molecule has 2 aromatic carbocycles. The molecule has 2 nitrogen and oxygen atoms in total. The van der Waals surface area contributed by atoms with Crippen molar-refractivity contribution in [3.63, 3.8) is 0 Å². The first-order chi connectivity index (χ1) is 11.7. The van der Waals surface area contributed by atoms with Crippen LogP contribution in [0.15, 0.2) is 42.5 Å². The topological polar surface area (TPSA) is 8.17 Å². The van der Waals surface area contributed by atoms with Gasteiger partial charge in [0.05, 0.1) is 5.69 Å². The van der Waals surface area contributed by atoms with Gasteiger partial charge >= 0.3 is 0 Å². The van der Waals surface area contributed by atoms with Gasteiger partial charge in [-0.25, -0.2) is 4.39 Å². The van der Waals surface area contributed by atoms with E-state index in [1.165, 1.54) is 35.2 Å². The highest BCUT2D eigenvalue weighted by Crippen LogP contribution is 2.41. The van der Waals surface area contributed by atoms with Crippen LogP contribution >= 0.6 is 0 Å². The molecule has 0 saturated heterocycles. The molecule has 0 unspecified atom stereocenters. The van der Waals surface area contributed by atoms with Crippen LogP contribution in [0.1, 0.15) is 24.0 Å². The lowest BCUT2D eigenvalue weighted by molar-refractivity contribution is 0.329. The van der Waals surface area contributed by atoms with E-state index in [1.807, 2.05) is 6.07 Å². The van der Waals surface area contributed by atoms with E-state index >= 15 is 0 Å². The number of hydrogen-bond donors (Lipinski definition) is 0. The lowest BCUT2D eigenvalue weighted by atomic mass is 10.00. The summed E-state index contributed by atoms with van der Waals surface area (Å²) in [5, 5.41) is 1.09. The molecule has 5 rings (SSSR count). The van der Waals surface area contributed by atoms with Crippen LogP contribution in [0.25, 0.3) is 22.2 Å². The van der Waals surface area contributed by atoms with Crippen LogP contribution in [0.3, 0.4) is 0 Å². The molecule has 3 heteroatoms. The number of likely N-dealkylation sites (N-methyl/N-ethyl adjacent to an activating group) is 1. The van der Waals surface area contributed by atoms with Crippen LogP contribution in [-0.2, 0) is 13.0 Å². The van der Waals surface area contributed by atoms with Gasteiger partial charge in [0.15, 0.2) is 0 Å². The number of benzene rings is 2. The molecule has 1 aliphatic carbocycles. The van der Waals surface area contributed by atoms with Crippen LogP contribution in [-0.4, -0.2) is 29.1 Å². The van der Waals surface area contributed by atoms with Gasteiger partial charge < -0.3 is 9.47 Å². The normalized spacial score (nSPS) is 16.0. The van der Waals surface area contributed by atoms with E-state index in [2.05, 4.69) is 40.8 Å². The lowest BCUT2D eigenvalue weighted by Crippen LogP contribution is -2.23. The van der Waals surface area contributed by atoms with E-state index < -0.39 is 0 Å². The molecule has 122 valence electrons. The van der Waals surface area contributed by atoms with Crippen LogP contribution in [0.5, 0.6) is 0 Å². The van der Waals surface area contributed by atoms with Crippen molar-refractivity contribution in [2.24, 2.45) is 0 Å². The fourth-order valence-corrected chi connectivity index (χ4v) is 4.17. The van der Waals surface area contributed by atoms with Crippen molar-refractivity contribution in [1.29, 1.82) is 0 Å². The van der Waals surface area contributed by atoms with E-state index in [4.69, 9.17) is 0 Å². The maximum absolute atomic E-state index is 13.9. The number of nitrogens with zero attached hydrogens (tertiary/aromatic N) is 2. The van der Waals surface area contributed by atoms with Crippen LogP contribution in [0, 0.1) is 5.82 Å². The van der Waals surface area contributed by atoms with Crippen molar-refractivity contribution in [2.45, 2.75) is 31.8 Å². The van der Waals surface area contributed by atoms with Gasteiger partial charge in [0, 0.05) is 35.6 Å². The smallest absolute Gasteiger partial charge is 0.123 e. The Labute approximate surface area is 141 Å². The molecule has 1 aliphatic heterocycles. The van der Waals surface area contributed by atoms with Gasteiger partial charge in [-0.1, -0.05) is 24.3 Å². The Balaban J connectivity index is 1.65. The van der Waals surface area contributed by atoms with E-state index in [0.29, 0.717) is 0 Å². The zero-order valence-electron chi connectivity index (χ0n) is 13.9. The maximum Gasteiger partial charge on any atom is 0.123 e. The molecule has 2 heterocycles. The second-order valence-electron chi connectivity index (χ2n) is 7.19. The fourth-order valence-electron chi connectivity index (χ4n) is 4.17. The summed E-state index contributed by atoms with van der Waals surface area (Å²) < 4.78 is 16.3. The second-order valence-corrected chi connectivity index (χ2v) is 7.19. The Bertz CT molecular complexity index is 936. The highest BCUT2D eigenvalue weighted by atomic mass is 19.1. The molecule has 1 saturated carbocycles. The number of fused-ring (bicyclic) bond motifs is 5. The number of aromatic nitrogens is 1. The van der Waals surface area contributed by atoms with Crippen molar-refractivity contribution < 1.29 is 4.39 Å². The van der Waals surface area contributed by atoms with E-state index in [9.17, 15) is 4.39 Å². The number of halogens is 1. The Morgan fingerprint density at radius 1 is 1.17 bits per heavy atom. The van der Waals surface area contributed by atoms with Crippen LogP contribution in [0.4, 0.5) is 4.39 Å². The third kappa shape index (κ3) is 2.11. The quantitative estimate of drug-likeness (QED) is 0.539. The molecule has 0 atom stereocenters. The summed E-state index contributed by atoms with van der Waals surface area (Å²) in [6, 6.07) is 14.6. The summed E-state index contributed by atoms with van der Waals surface area (Å²) >= 11 is 0. The van der Waals surface area contributed by atoms with Gasteiger partial charge in [0.2, 0.25) is 0 Å². The second kappa shape index (κ2) is 5.18. The van der Waals surface area contributed by atoms with Crippen molar-refractivity contribution in [1.82, 2.24) is 9.47 Å². The molecule has 2 aliphatic rings. The van der Waals surface area contributed by atoms with E-state index in [-0.39, 0.29) is 5.82 Å². The summed E-state index contributed by atoms with van der Waals surface area (Å²) in [6.45, 7) is 1.93. The van der Waals surface area contributed by atoms with Crippen molar-refractivity contribution >= 4 is 10.9 Å². The Morgan fingerprint density at radius 3 is 2.83 bits per heavy atom. The van der Waals surface area contributed by atoms with E-state index in [0.717, 1.165) is 36.5 Å². The van der Waals surface area contributed by atoms with Crippen molar-refractivity contribution in [3.05, 3.63) is 59.4 Å². The lowest BCUT2D eigenvalue weighted by Gasteiger charge is -2.15. The van der Waals surface area contributed by atoms with Crippen LogP contribution < -0.4 is 0 Å². The number of rotatable bonds is 4. The largest absolute Gasteiger partial charge is 0.336 e. The molecule has 0 amide bonds. The Morgan fingerprint density at radius 2 is 2.00 bits per heavy atom. The van der Waals surface area contributed by atoms with Gasteiger partial charge in [-0.15, -0.1) is 0 Å². The fraction of sp³-hybridized carbons (Fsp3) is 0.333. The predicted octanol–water partition coefficient (Wildman–Crippen LogP) is 4.45. The molecule has 3 aromatic rings. The average Bonchev–Trinajstić information content (AvgIpc) is 3.31. The first-order valence-corrected chi connectivity index (χ1v) is 8.81. The predicted molar refractivity (Wildman–Crippen MR) is 95.8 cm³/mol.